The van der Waals surface area contributed by atoms with Crippen LogP contribution in [0.15, 0.2) is 18.2 Å². The number of para-hydroxylation sites is 1. The van der Waals surface area contributed by atoms with E-state index in [1.807, 2.05) is 18.2 Å². The molecule has 0 heterocycles. The second-order valence-corrected chi connectivity index (χ2v) is 4.09. The van der Waals surface area contributed by atoms with E-state index in [2.05, 4.69) is 27.7 Å². The van der Waals surface area contributed by atoms with Gasteiger partial charge in [-0.1, -0.05) is 45.9 Å². The molecule has 0 bridgehead atoms. The Balaban J connectivity index is 0.00000169. The van der Waals surface area contributed by atoms with Crippen LogP contribution < -0.4 is 0 Å². The maximum atomic E-state index is 9.93. The number of phenolic OH excluding ortho intramolecular Hbond substituents is 1. The van der Waals surface area contributed by atoms with E-state index in [1.165, 1.54) is 0 Å². The second kappa shape index (κ2) is 5.49. The molecule has 2 heteroatoms. The average molecular weight is 186 g/mol. The summed E-state index contributed by atoms with van der Waals surface area (Å²) in [5.74, 6) is 1.25. The quantitative estimate of drug-likeness (QED) is 0.704. The third kappa shape index (κ3) is 2.80. The third-order valence-corrected chi connectivity index (χ3v) is 2.34. The summed E-state index contributed by atoms with van der Waals surface area (Å²) >= 11 is 0. The minimum atomic E-state index is 0. The molecule has 14 heavy (non-hydrogen) atoms. The van der Waals surface area contributed by atoms with E-state index in [9.17, 15) is 5.11 Å². The van der Waals surface area contributed by atoms with Crippen LogP contribution in [0, 0.1) is 0 Å². The van der Waals surface area contributed by atoms with E-state index in [0.29, 0.717) is 17.6 Å². The first-order valence-electron chi connectivity index (χ1n) is 4.85. The van der Waals surface area contributed by atoms with Gasteiger partial charge in [0.05, 0.1) is 0 Å². The van der Waals surface area contributed by atoms with E-state index in [0.717, 1.165) is 11.1 Å². The number of hydrogen-bond acceptors (Lipinski definition) is 1. The van der Waals surface area contributed by atoms with Crippen molar-refractivity contribution in [3.8, 4) is 5.75 Å². The number of benzene rings is 1. The van der Waals surface area contributed by atoms with Crippen LogP contribution in [-0.2, 0) is 0 Å². The zero-order valence-electron chi connectivity index (χ0n) is 8.83. The van der Waals surface area contributed by atoms with Crippen molar-refractivity contribution in [2.24, 2.45) is 0 Å². The number of rotatable bonds is 2. The van der Waals surface area contributed by atoms with Crippen LogP contribution >= 0.6 is 0 Å². The summed E-state index contributed by atoms with van der Waals surface area (Å²) in [4.78, 5) is 0. The summed E-state index contributed by atoms with van der Waals surface area (Å²) in [5.41, 5.74) is 2.09. The molecule has 0 aliphatic carbocycles. The summed E-state index contributed by atoms with van der Waals surface area (Å²) in [6, 6.07) is 6.00. The topological polar surface area (TPSA) is 20.2 Å². The molecule has 1 nitrogen and oxygen atoms in total. The molecule has 0 spiro atoms. The molecule has 0 amide bonds. The van der Waals surface area contributed by atoms with Gasteiger partial charge in [-0.25, -0.2) is 0 Å². The van der Waals surface area contributed by atoms with Crippen LogP contribution in [0.25, 0.3) is 0 Å². The van der Waals surface area contributed by atoms with Gasteiger partial charge < -0.3 is 5.11 Å². The van der Waals surface area contributed by atoms with Crippen LogP contribution in [0.4, 0.5) is 0 Å². The molecule has 0 atom stereocenters. The van der Waals surface area contributed by atoms with Crippen molar-refractivity contribution < 1.29 is 5.11 Å². The normalized spacial score (nSPS) is 10.4. The van der Waals surface area contributed by atoms with Crippen molar-refractivity contribution in [1.82, 2.24) is 0 Å². The molecule has 0 saturated heterocycles. The maximum absolute atomic E-state index is 9.93. The molecule has 0 aliphatic heterocycles. The van der Waals surface area contributed by atoms with Gasteiger partial charge in [0, 0.05) is 0 Å². The Kier molecular flexibility index (Phi) is 5.34. The first kappa shape index (κ1) is 13.6. The van der Waals surface area contributed by atoms with Gasteiger partial charge in [0.25, 0.3) is 0 Å². The molecule has 0 fully saturated rings. The Hall–Kier alpha value is -0.383. The van der Waals surface area contributed by atoms with E-state index in [4.69, 9.17) is 0 Å². The molecule has 0 unspecified atom stereocenters. The molecule has 1 aromatic carbocycles. The van der Waals surface area contributed by atoms with Gasteiger partial charge >= 0.3 is 18.9 Å². The standard InChI is InChI=1S/C12H18O.Li.H/c1-8(2)10-6-5-7-11(9(3)4)12(10)13;;/h5-9,13H,1-4H3;;. The summed E-state index contributed by atoms with van der Waals surface area (Å²) < 4.78 is 0. The summed E-state index contributed by atoms with van der Waals surface area (Å²) in [5, 5.41) is 9.93. The van der Waals surface area contributed by atoms with Gasteiger partial charge in [0.2, 0.25) is 0 Å². The van der Waals surface area contributed by atoms with Crippen molar-refractivity contribution in [1.29, 1.82) is 0 Å². The average Bonchev–Trinajstić information content (AvgIpc) is 2.03. The van der Waals surface area contributed by atoms with E-state index < -0.39 is 0 Å². The monoisotopic (exact) mass is 186 g/mol. The fraction of sp³-hybridized carbons (Fsp3) is 0.500. The van der Waals surface area contributed by atoms with Crippen LogP contribution in [-0.4, -0.2) is 24.0 Å². The van der Waals surface area contributed by atoms with Crippen molar-refractivity contribution in [3.05, 3.63) is 29.3 Å². The van der Waals surface area contributed by atoms with Crippen molar-refractivity contribution in [2.75, 3.05) is 0 Å². The number of phenols is 1. The zero-order chi connectivity index (χ0) is 10.0. The van der Waals surface area contributed by atoms with E-state index in [-0.39, 0.29) is 18.9 Å². The van der Waals surface area contributed by atoms with Crippen molar-refractivity contribution in [2.45, 2.75) is 39.5 Å². The molecular formula is C12H19LiO. The van der Waals surface area contributed by atoms with E-state index >= 15 is 0 Å². The molecule has 1 rings (SSSR count). The zero-order valence-corrected chi connectivity index (χ0v) is 8.83. The Morgan fingerprint density at radius 3 is 1.57 bits per heavy atom. The Morgan fingerprint density at radius 2 is 1.29 bits per heavy atom. The SMILES string of the molecule is CC(C)c1cccc(C(C)C)c1O.[LiH]. The van der Waals surface area contributed by atoms with Crippen LogP contribution in [0.3, 0.4) is 0 Å². The molecule has 0 aromatic heterocycles. The van der Waals surface area contributed by atoms with Crippen molar-refractivity contribution in [3.63, 3.8) is 0 Å². The summed E-state index contributed by atoms with van der Waals surface area (Å²) in [6.45, 7) is 8.39. The van der Waals surface area contributed by atoms with E-state index in [1.54, 1.807) is 0 Å². The summed E-state index contributed by atoms with van der Waals surface area (Å²) in [7, 11) is 0. The van der Waals surface area contributed by atoms with Crippen LogP contribution in [0.5, 0.6) is 5.75 Å². The Morgan fingerprint density at radius 1 is 0.929 bits per heavy atom. The third-order valence-electron chi connectivity index (χ3n) is 2.34. The molecule has 1 N–H and O–H groups in total. The molecule has 74 valence electrons. The number of hydrogen-bond donors (Lipinski definition) is 1. The fourth-order valence-corrected chi connectivity index (χ4v) is 1.51. The first-order chi connectivity index (χ1) is 6.04. The van der Waals surface area contributed by atoms with Gasteiger partial charge in [0.15, 0.2) is 0 Å². The van der Waals surface area contributed by atoms with Crippen molar-refractivity contribution >= 4 is 18.9 Å². The molecular weight excluding hydrogens is 167 g/mol. The minimum absolute atomic E-state index is 0. The van der Waals surface area contributed by atoms with Crippen LogP contribution in [0.2, 0.25) is 0 Å². The predicted octanol–water partition coefficient (Wildman–Crippen LogP) is 2.99. The fourth-order valence-electron chi connectivity index (χ4n) is 1.51. The number of aromatic hydroxyl groups is 1. The Labute approximate surface area is 98.7 Å². The summed E-state index contributed by atoms with van der Waals surface area (Å²) in [6.07, 6.45) is 0. The van der Waals surface area contributed by atoms with Gasteiger partial charge in [0.1, 0.15) is 5.75 Å². The van der Waals surface area contributed by atoms with Crippen LogP contribution in [0.1, 0.15) is 50.7 Å². The molecule has 0 aliphatic rings. The molecule has 0 radical (unpaired) electrons. The molecule has 0 saturated carbocycles. The predicted molar refractivity (Wildman–Crippen MR) is 63.4 cm³/mol. The molecule has 1 aromatic rings. The van der Waals surface area contributed by atoms with Gasteiger partial charge in [-0.05, 0) is 23.0 Å². The van der Waals surface area contributed by atoms with Gasteiger partial charge in [-0.2, -0.15) is 0 Å². The van der Waals surface area contributed by atoms with Gasteiger partial charge in [-0.15, -0.1) is 0 Å². The Bertz CT molecular complexity index is 266. The first-order valence-corrected chi connectivity index (χ1v) is 4.85. The second-order valence-electron chi connectivity index (χ2n) is 4.09. The van der Waals surface area contributed by atoms with Gasteiger partial charge in [-0.3, -0.25) is 0 Å².